The van der Waals surface area contributed by atoms with Gasteiger partial charge in [-0.05, 0) is 42.5 Å². The van der Waals surface area contributed by atoms with Gasteiger partial charge in [-0.25, -0.2) is 4.39 Å². The van der Waals surface area contributed by atoms with E-state index in [-0.39, 0.29) is 11.9 Å². The largest absolute Gasteiger partial charge is 0.397 e. The highest BCUT2D eigenvalue weighted by atomic mass is 19.4. The minimum absolute atomic E-state index is 0.228. The number of rotatable bonds is 12. The summed E-state index contributed by atoms with van der Waals surface area (Å²) in [5, 5.41) is 6.47. The first-order valence-corrected chi connectivity index (χ1v) is 13.1. The van der Waals surface area contributed by atoms with Crippen LogP contribution in [0.2, 0.25) is 0 Å². The second-order valence-corrected chi connectivity index (χ2v) is 9.24. The Hall–Kier alpha value is -3.23. The maximum atomic E-state index is 12.9. The first-order chi connectivity index (χ1) is 18.1. The summed E-state index contributed by atoms with van der Waals surface area (Å²) in [5.41, 5.74) is 1.82. The fourth-order valence-electron chi connectivity index (χ4n) is 4.10. The topological polar surface area (TPSA) is 68.0 Å². The van der Waals surface area contributed by atoms with Crippen LogP contribution in [0.1, 0.15) is 101 Å². The van der Waals surface area contributed by atoms with Crippen molar-refractivity contribution in [3.05, 3.63) is 83.3 Å². The highest BCUT2D eigenvalue weighted by Crippen LogP contribution is 2.25. The maximum absolute atomic E-state index is 12.9. The van der Waals surface area contributed by atoms with Crippen LogP contribution in [0.3, 0.4) is 0 Å². The number of aromatic nitrogens is 2. The standard InChI is InChI=1S/C16H21FN2O.C13H16F3NO/c1-3-5-13(6-4-2)16-18-15(19-20-16)11-12-7-9-14(17)10-8-12;1-2-6-11(10-7-4-3-5-8-10)17-12(18)9-13(14,15)16/h7-10,13H,3-6,11H2,1-2H3;3-5,7-8,11H,2,6,9H2,1H3,(H,17,18). The van der Waals surface area contributed by atoms with Crippen LogP contribution in [0.25, 0.3) is 0 Å². The lowest BCUT2D eigenvalue weighted by molar-refractivity contribution is -0.154. The zero-order valence-electron chi connectivity index (χ0n) is 22.2. The second kappa shape index (κ2) is 15.9. The molecule has 0 aliphatic rings. The van der Waals surface area contributed by atoms with Crippen molar-refractivity contribution in [1.82, 2.24) is 15.5 Å². The normalized spacial score (nSPS) is 12.1. The summed E-state index contributed by atoms with van der Waals surface area (Å²) in [6, 6.07) is 15.1. The van der Waals surface area contributed by atoms with Crippen LogP contribution < -0.4 is 5.32 Å². The van der Waals surface area contributed by atoms with E-state index in [2.05, 4.69) is 29.3 Å². The molecule has 1 unspecified atom stereocenters. The van der Waals surface area contributed by atoms with E-state index in [1.54, 1.807) is 36.4 Å². The molecule has 1 atom stereocenters. The fourth-order valence-corrected chi connectivity index (χ4v) is 4.10. The van der Waals surface area contributed by atoms with Crippen LogP contribution in [-0.2, 0) is 11.2 Å². The van der Waals surface area contributed by atoms with Crippen LogP contribution in [0.5, 0.6) is 0 Å². The molecule has 1 aromatic heterocycles. The lowest BCUT2D eigenvalue weighted by Crippen LogP contribution is -2.32. The number of carbonyl (C=O) groups is 1. The number of hydrogen-bond acceptors (Lipinski definition) is 4. The van der Waals surface area contributed by atoms with Crippen LogP contribution >= 0.6 is 0 Å². The maximum Gasteiger partial charge on any atom is 0.397 e. The summed E-state index contributed by atoms with van der Waals surface area (Å²) in [6.07, 6.45) is 0.463. The van der Waals surface area contributed by atoms with Crippen molar-refractivity contribution in [2.24, 2.45) is 0 Å². The van der Waals surface area contributed by atoms with Gasteiger partial charge in [0.05, 0.1) is 6.04 Å². The van der Waals surface area contributed by atoms with Gasteiger partial charge in [0.25, 0.3) is 0 Å². The van der Waals surface area contributed by atoms with Crippen molar-refractivity contribution in [1.29, 1.82) is 0 Å². The summed E-state index contributed by atoms with van der Waals surface area (Å²) < 4.78 is 54.5. The molecule has 0 aliphatic heterocycles. The van der Waals surface area contributed by atoms with Crippen molar-refractivity contribution in [3.8, 4) is 0 Å². The SMILES string of the molecule is CCCC(CCC)c1nc(Cc2ccc(F)cc2)no1.CCCC(NC(=O)CC(F)(F)F)c1ccccc1. The molecule has 1 N–H and O–H groups in total. The van der Waals surface area contributed by atoms with Crippen molar-refractivity contribution >= 4 is 5.91 Å². The molecule has 0 bridgehead atoms. The molecule has 38 heavy (non-hydrogen) atoms. The zero-order valence-corrected chi connectivity index (χ0v) is 22.2. The quantitative estimate of drug-likeness (QED) is 0.238. The van der Waals surface area contributed by atoms with E-state index >= 15 is 0 Å². The first kappa shape index (κ1) is 31.0. The third kappa shape index (κ3) is 11.4. The fraction of sp³-hybridized carbons (Fsp3) is 0.483. The second-order valence-electron chi connectivity index (χ2n) is 9.24. The van der Waals surface area contributed by atoms with Gasteiger partial charge >= 0.3 is 6.18 Å². The van der Waals surface area contributed by atoms with Gasteiger partial charge in [-0.15, -0.1) is 0 Å². The van der Waals surface area contributed by atoms with Crippen LogP contribution in [0.4, 0.5) is 17.6 Å². The number of alkyl halides is 3. The van der Waals surface area contributed by atoms with Crippen LogP contribution in [0, 0.1) is 5.82 Å². The van der Waals surface area contributed by atoms with Gasteiger partial charge in [0.15, 0.2) is 5.82 Å². The molecule has 5 nitrogen and oxygen atoms in total. The minimum Gasteiger partial charge on any atom is -0.349 e. The van der Waals surface area contributed by atoms with E-state index in [1.807, 2.05) is 13.0 Å². The molecule has 9 heteroatoms. The van der Waals surface area contributed by atoms with E-state index in [0.29, 0.717) is 24.6 Å². The molecular weight excluding hydrogens is 498 g/mol. The Bertz CT molecular complexity index is 1060. The number of amides is 1. The monoisotopic (exact) mass is 535 g/mol. The van der Waals surface area contributed by atoms with E-state index in [4.69, 9.17) is 4.52 Å². The van der Waals surface area contributed by atoms with E-state index < -0.39 is 18.5 Å². The van der Waals surface area contributed by atoms with Gasteiger partial charge in [0.2, 0.25) is 11.8 Å². The summed E-state index contributed by atoms with van der Waals surface area (Å²) in [7, 11) is 0. The number of nitrogens with one attached hydrogen (secondary N) is 1. The van der Waals surface area contributed by atoms with Gasteiger partial charge in [0.1, 0.15) is 12.2 Å². The Morgan fingerprint density at radius 1 is 0.921 bits per heavy atom. The number of nitrogens with zero attached hydrogens (tertiary/aromatic N) is 2. The molecule has 1 amide bonds. The van der Waals surface area contributed by atoms with E-state index in [9.17, 15) is 22.4 Å². The van der Waals surface area contributed by atoms with Crippen molar-refractivity contribution in [3.63, 3.8) is 0 Å². The zero-order chi connectivity index (χ0) is 28.0. The lowest BCUT2D eigenvalue weighted by Gasteiger charge is -2.19. The van der Waals surface area contributed by atoms with Crippen molar-refractivity contribution in [2.75, 3.05) is 0 Å². The van der Waals surface area contributed by atoms with E-state index in [0.717, 1.165) is 49.1 Å². The molecule has 0 fully saturated rings. The van der Waals surface area contributed by atoms with Gasteiger partial charge in [0, 0.05) is 12.3 Å². The number of carbonyl (C=O) groups excluding carboxylic acids is 1. The Morgan fingerprint density at radius 2 is 1.53 bits per heavy atom. The summed E-state index contributed by atoms with van der Waals surface area (Å²) in [6.45, 7) is 6.25. The first-order valence-electron chi connectivity index (χ1n) is 13.1. The van der Waals surface area contributed by atoms with Gasteiger partial charge in [-0.2, -0.15) is 18.2 Å². The third-order valence-corrected chi connectivity index (χ3v) is 5.86. The van der Waals surface area contributed by atoms with Gasteiger partial charge in [-0.3, -0.25) is 4.79 Å². The highest BCUT2D eigenvalue weighted by Gasteiger charge is 2.32. The molecule has 3 rings (SSSR count). The summed E-state index contributed by atoms with van der Waals surface area (Å²) >= 11 is 0. The average molecular weight is 536 g/mol. The highest BCUT2D eigenvalue weighted by molar-refractivity contribution is 5.77. The van der Waals surface area contributed by atoms with Gasteiger partial charge in [-0.1, -0.05) is 87.7 Å². The van der Waals surface area contributed by atoms with E-state index in [1.165, 1.54) is 12.1 Å². The molecule has 0 aliphatic carbocycles. The molecule has 2 aromatic carbocycles. The predicted octanol–water partition coefficient (Wildman–Crippen LogP) is 8.08. The Balaban J connectivity index is 0.000000269. The predicted molar refractivity (Wildman–Crippen MR) is 139 cm³/mol. The minimum atomic E-state index is -4.46. The third-order valence-electron chi connectivity index (χ3n) is 5.86. The Labute approximate surface area is 222 Å². The van der Waals surface area contributed by atoms with Crippen molar-refractivity contribution in [2.45, 2.75) is 90.3 Å². The van der Waals surface area contributed by atoms with Crippen molar-refractivity contribution < 1.29 is 26.9 Å². The number of benzene rings is 2. The van der Waals surface area contributed by atoms with Gasteiger partial charge < -0.3 is 9.84 Å². The average Bonchev–Trinajstić information content (AvgIpc) is 3.33. The Morgan fingerprint density at radius 3 is 2.08 bits per heavy atom. The molecule has 3 aromatic rings. The molecule has 0 spiro atoms. The molecule has 0 saturated carbocycles. The van der Waals surface area contributed by atoms with Crippen LogP contribution in [-0.4, -0.2) is 22.2 Å². The van der Waals surface area contributed by atoms with Crippen LogP contribution in [0.15, 0.2) is 59.1 Å². The lowest BCUT2D eigenvalue weighted by atomic mass is 9.98. The molecule has 0 radical (unpaired) electrons. The molecule has 0 saturated heterocycles. The molecule has 208 valence electrons. The molecule has 1 heterocycles. The number of halogens is 4. The summed E-state index contributed by atoms with van der Waals surface area (Å²) in [5.74, 6) is 0.562. The summed E-state index contributed by atoms with van der Waals surface area (Å²) in [4.78, 5) is 15.8. The molecular formula is C29H37F4N3O2. The Kier molecular flexibility index (Phi) is 13.0. The number of hydrogen-bond donors (Lipinski definition) is 1. The smallest absolute Gasteiger partial charge is 0.349 e.